The highest BCUT2D eigenvalue weighted by Gasteiger charge is 2.32. The van der Waals surface area contributed by atoms with Crippen molar-refractivity contribution in [2.75, 3.05) is 19.7 Å². The molecule has 1 aromatic rings. The maximum atomic E-state index is 11.9. The average Bonchev–Trinajstić information content (AvgIpc) is 2.72. The molecule has 2 atom stereocenters. The number of aliphatic hydroxyl groups excluding tert-OH is 2. The number of nitrogens with zero attached hydrogens (tertiary/aromatic N) is 1. The van der Waals surface area contributed by atoms with Gasteiger partial charge in [0.1, 0.15) is 5.75 Å². The summed E-state index contributed by atoms with van der Waals surface area (Å²) in [5.41, 5.74) is 2.22. The van der Waals surface area contributed by atoms with Crippen LogP contribution in [0.4, 0.5) is 0 Å². The molecule has 1 aliphatic heterocycles. The van der Waals surface area contributed by atoms with Crippen LogP contribution in [0.2, 0.25) is 0 Å². The maximum Gasteiger partial charge on any atom is 0.226 e. The first kappa shape index (κ1) is 14.8. The lowest BCUT2D eigenvalue weighted by Gasteiger charge is -2.16. The maximum absolute atomic E-state index is 11.9. The third-order valence-electron chi connectivity index (χ3n) is 3.52. The molecule has 5 nitrogen and oxygen atoms in total. The molecule has 2 N–H and O–H groups in total. The fourth-order valence-corrected chi connectivity index (χ4v) is 2.34. The van der Waals surface area contributed by atoms with Gasteiger partial charge in [-0.15, -0.1) is 0 Å². The van der Waals surface area contributed by atoms with E-state index in [1.54, 1.807) is 0 Å². The molecular weight excluding hydrogens is 258 g/mol. The van der Waals surface area contributed by atoms with Crippen LogP contribution < -0.4 is 4.74 Å². The number of ether oxygens (including phenoxy) is 1. The van der Waals surface area contributed by atoms with Crippen LogP contribution in [-0.4, -0.2) is 52.9 Å². The van der Waals surface area contributed by atoms with Crippen molar-refractivity contribution in [1.82, 2.24) is 4.90 Å². The van der Waals surface area contributed by atoms with Crippen LogP contribution in [-0.2, 0) is 4.79 Å². The van der Waals surface area contributed by atoms with E-state index in [1.165, 1.54) is 10.5 Å². The van der Waals surface area contributed by atoms with Crippen molar-refractivity contribution in [2.24, 2.45) is 0 Å². The molecule has 5 heteroatoms. The molecule has 1 fully saturated rings. The zero-order valence-corrected chi connectivity index (χ0v) is 11.9. The third-order valence-corrected chi connectivity index (χ3v) is 3.52. The molecule has 0 aromatic heterocycles. The van der Waals surface area contributed by atoms with E-state index in [1.807, 2.05) is 32.0 Å². The predicted octanol–water partition coefficient (Wildman–Crippen LogP) is 0.636. The van der Waals surface area contributed by atoms with Gasteiger partial charge in [-0.3, -0.25) is 4.79 Å². The van der Waals surface area contributed by atoms with Crippen molar-refractivity contribution in [3.05, 3.63) is 29.3 Å². The fraction of sp³-hybridized carbons (Fsp3) is 0.533. The standard InChI is InChI=1S/C15H21NO4/c1-10-3-4-14(11(2)7-10)20-6-5-15(19)16-8-12(17)13(18)9-16/h3-4,7,12-13,17-18H,5-6,8-9H2,1-2H3. The Labute approximate surface area is 118 Å². The predicted molar refractivity (Wildman–Crippen MR) is 74.6 cm³/mol. The highest BCUT2D eigenvalue weighted by Crippen LogP contribution is 2.19. The van der Waals surface area contributed by atoms with Crippen molar-refractivity contribution < 1.29 is 19.7 Å². The molecule has 2 unspecified atom stereocenters. The first-order chi connectivity index (χ1) is 9.47. The Kier molecular flexibility index (Phi) is 4.62. The molecule has 1 saturated heterocycles. The molecule has 0 bridgehead atoms. The quantitative estimate of drug-likeness (QED) is 0.848. The summed E-state index contributed by atoms with van der Waals surface area (Å²) in [7, 11) is 0. The number of hydrogen-bond donors (Lipinski definition) is 2. The van der Waals surface area contributed by atoms with Crippen LogP contribution in [0.5, 0.6) is 5.75 Å². The van der Waals surface area contributed by atoms with Gasteiger partial charge in [-0.1, -0.05) is 17.7 Å². The van der Waals surface area contributed by atoms with Crippen molar-refractivity contribution in [3.8, 4) is 5.75 Å². The molecule has 20 heavy (non-hydrogen) atoms. The highest BCUT2D eigenvalue weighted by atomic mass is 16.5. The molecule has 1 aliphatic rings. The Morgan fingerprint density at radius 1 is 1.30 bits per heavy atom. The number of hydrogen-bond acceptors (Lipinski definition) is 4. The molecule has 0 saturated carbocycles. The van der Waals surface area contributed by atoms with Crippen molar-refractivity contribution in [3.63, 3.8) is 0 Å². The van der Waals surface area contributed by atoms with Crippen molar-refractivity contribution in [1.29, 1.82) is 0 Å². The number of carbonyl (C=O) groups excluding carboxylic acids is 1. The van der Waals surface area contributed by atoms with Gasteiger partial charge >= 0.3 is 0 Å². The van der Waals surface area contributed by atoms with Gasteiger partial charge in [0.2, 0.25) is 5.91 Å². The fourth-order valence-electron chi connectivity index (χ4n) is 2.34. The van der Waals surface area contributed by atoms with Gasteiger partial charge in [0.15, 0.2) is 0 Å². The van der Waals surface area contributed by atoms with E-state index < -0.39 is 12.2 Å². The molecule has 110 valence electrons. The summed E-state index contributed by atoms with van der Waals surface area (Å²) < 4.78 is 5.60. The smallest absolute Gasteiger partial charge is 0.226 e. The number of β-amino-alcohol motifs (C(OH)–C–C–N with tert-alkyl or cyclic N) is 2. The number of carbonyl (C=O) groups is 1. The number of aryl methyl sites for hydroxylation is 2. The van der Waals surface area contributed by atoms with Gasteiger partial charge in [0.05, 0.1) is 25.2 Å². The van der Waals surface area contributed by atoms with Gasteiger partial charge in [-0.2, -0.15) is 0 Å². The monoisotopic (exact) mass is 279 g/mol. The number of benzene rings is 1. The molecule has 2 rings (SSSR count). The normalized spacial score (nSPS) is 22.1. The lowest BCUT2D eigenvalue weighted by atomic mass is 10.1. The zero-order valence-electron chi connectivity index (χ0n) is 11.9. The second kappa shape index (κ2) is 6.24. The number of rotatable bonds is 4. The van der Waals surface area contributed by atoms with Crippen molar-refractivity contribution >= 4 is 5.91 Å². The Bertz CT molecular complexity index is 479. The summed E-state index contributed by atoms with van der Waals surface area (Å²) in [6, 6.07) is 5.90. The van der Waals surface area contributed by atoms with E-state index in [2.05, 4.69) is 0 Å². The molecule has 0 radical (unpaired) electrons. The molecule has 1 heterocycles. The summed E-state index contributed by atoms with van der Waals surface area (Å²) >= 11 is 0. The largest absolute Gasteiger partial charge is 0.493 e. The van der Waals surface area contributed by atoms with Crippen LogP contribution >= 0.6 is 0 Å². The Morgan fingerprint density at radius 2 is 1.95 bits per heavy atom. The SMILES string of the molecule is Cc1ccc(OCCC(=O)N2CC(O)C(O)C2)c(C)c1. The van der Waals surface area contributed by atoms with E-state index in [0.29, 0.717) is 6.61 Å². The topological polar surface area (TPSA) is 70.0 Å². The summed E-state index contributed by atoms with van der Waals surface area (Å²) in [6.07, 6.45) is -1.43. The summed E-state index contributed by atoms with van der Waals surface area (Å²) in [5.74, 6) is 0.676. The zero-order chi connectivity index (χ0) is 14.7. The second-order valence-corrected chi connectivity index (χ2v) is 5.30. The Hall–Kier alpha value is -1.59. The van der Waals surface area contributed by atoms with Crippen LogP contribution in [0.1, 0.15) is 17.5 Å². The van der Waals surface area contributed by atoms with Crippen LogP contribution in [0.25, 0.3) is 0 Å². The number of likely N-dealkylation sites (tertiary alicyclic amines) is 1. The van der Waals surface area contributed by atoms with Crippen LogP contribution in [0.15, 0.2) is 18.2 Å². The van der Waals surface area contributed by atoms with Gasteiger partial charge in [0.25, 0.3) is 0 Å². The van der Waals surface area contributed by atoms with E-state index in [4.69, 9.17) is 4.74 Å². The first-order valence-electron chi connectivity index (χ1n) is 6.81. The Morgan fingerprint density at radius 3 is 2.55 bits per heavy atom. The van der Waals surface area contributed by atoms with E-state index in [9.17, 15) is 15.0 Å². The second-order valence-electron chi connectivity index (χ2n) is 5.30. The summed E-state index contributed by atoms with van der Waals surface area (Å²) in [6.45, 7) is 4.68. The van der Waals surface area contributed by atoms with Crippen LogP contribution in [0.3, 0.4) is 0 Å². The minimum Gasteiger partial charge on any atom is -0.493 e. The lowest BCUT2D eigenvalue weighted by Crippen LogP contribution is -2.30. The minimum atomic E-state index is -0.834. The first-order valence-corrected chi connectivity index (χ1v) is 6.81. The summed E-state index contributed by atoms with van der Waals surface area (Å²) in [5, 5.41) is 18.8. The number of amides is 1. The lowest BCUT2D eigenvalue weighted by molar-refractivity contribution is -0.131. The minimum absolute atomic E-state index is 0.106. The molecule has 0 spiro atoms. The van der Waals surface area contributed by atoms with Gasteiger partial charge in [0, 0.05) is 13.1 Å². The molecule has 0 aliphatic carbocycles. The van der Waals surface area contributed by atoms with Gasteiger partial charge in [-0.25, -0.2) is 0 Å². The average molecular weight is 279 g/mol. The molecule has 1 amide bonds. The molecule has 1 aromatic carbocycles. The van der Waals surface area contributed by atoms with E-state index in [0.717, 1.165) is 11.3 Å². The number of aliphatic hydroxyl groups is 2. The van der Waals surface area contributed by atoms with Gasteiger partial charge < -0.3 is 19.8 Å². The van der Waals surface area contributed by atoms with E-state index in [-0.39, 0.29) is 25.4 Å². The van der Waals surface area contributed by atoms with Crippen LogP contribution in [0, 0.1) is 13.8 Å². The Balaban J connectivity index is 1.80. The summed E-state index contributed by atoms with van der Waals surface area (Å²) in [4.78, 5) is 13.4. The molecular formula is C15H21NO4. The highest BCUT2D eigenvalue weighted by molar-refractivity contribution is 5.76. The third kappa shape index (κ3) is 3.49. The van der Waals surface area contributed by atoms with Gasteiger partial charge in [-0.05, 0) is 25.5 Å². The van der Waals surface area contributed by atoms with E-state index >= 15 is 0 Å². The van der Waals surface area contributed by atoms with Crippen molar-refractivity contribution in [2.45, 2.75) is 32.5 Å².